The van der Waals surface area contributed by atoms with Gasteiger partial charge in [-0.1, -0.05) is 12.1 Å². The predicted molar refractivity (Wildman–Crippen MR) is 118 cm³/mol. The van der Waals surface area contributed by atoms with Gasteiger partial charge in [-0.25, -0.2) is 0 Å². The van der Waals surface area contributed by atoms with Crippen molar-refractivity contribution in [2.45, 2.75) is 37.8 Å². The molecule has 0 bridgehead atoms. The minimum absolute atomic E-state index is 0. The number of hydrogen-bond acceptors (Lipinski definition) is 8. The Hall–Kier alpha value is -3.62. The predicted octanol–water partition coefficient (Wildman–Crippen LogP) is -1.59. The normalized spacial score (nSPS) is 13.2. The zero-order chi connectivity index (χ0) is 23.3. The number of carboxylic acid groups (broad SMARTS) is 2. The first-order valence-corrected chi connectivity index (χ1v) is 8.72. The summed E-state index contributed by atoms with van der Waals surface area (Å²) in [5.74, 6) is -3.28. The smallest absolute Gasteiger partial charge is 0.323 e. The van der Waals surface area contributed by atoms with Crippen molar-refractivity contribution in [3.8, 4) is 23.0 Å². The minimum Gasteiger partial charge on any atom is -0.504 e. The van der Waals surface area contributed by atoms with Gasteiger partial charge < -0.3 is 58.5 Å². The van der Waals surface area contributed by atoms with Crippen LogP contribution in [0.2, 0.25) is 0 Å². The van der Waals surface area contributed by atoms with Crippen LogP contribution in [-0.4, -0.2) is 70.1 Å². The van der Waals surface area contributed by atoms with Gasteiger partial charge in [0.25, 0.3) is 0 Å². The largest absolute Gasteiger partial charge is 0.504 e. The van der Waals surface area contributed by atoms with Crippen LogP contribution in [0.15, 0.2) is 36.4 Å². The van der Waals surface area contributed by atoms with Crippen molar-refractivity contribution >= 4 is 11.9 Å². The lowest BCUT2D eigenvalue weighted by atomic mass is 9.94. The fourth-order valence-corrected chi connectivity index (χ4v) is 2.36. The third-order valence-corrected chi connectivity index (χ3v) is 4.20. The quantitative estimate of drug-likeness (QED) is 0.221. The third kappa shape index (κ3) is 10.0. The number of aromatic hydroxyl groups is 4. The number of aliphatic carboxylic acids is 2. The average molecular weight is 476 g/mol. The van der Waals surface area contributed by atoms with Gasteiger partial charge in [-0.3, -0.25) is 9.59 Å². The molecule has 2 aromatic carbocycles. The van der Waals surface area contributed by atoms with E-state index in [9.17, 15) is 19.8 Å². The minimum atomic E-state index is -1.39. The van der Waals surface area contributed by atoms with Gasteiger partial charge in [0.2, 0.25) is 0 Å². The molecule has 13 nitrogen and oxygen atoms in total. The van der Waals surface area contributed by atoms with Crippen LogP contribution in [0.3, 0.4) is 0 Å². The number of phenolic OH excluding ortho intramolecular Hbond substituents is 4. The molecule has 16 N–H and O–H groups in total. The molecule has 2 atom stereocenters. The van der Waals surface area contributed by atoms with Crippen molar-refractivity contribution in [1.82, 2.24) is 0 Å². The van der Waals surface area contributed by atoms with E-state index in [4.69, 9.17) is 31.9 Å². The third-order valence-electron chi connectivity index (χ3n) is 4.20. The molecule has 2 rings (SSSR count). The highest BCUT2D eigenvalue weighted by Crippen LogP contribution is 2.27. The Balaban J connectivity index is -0.000000500. The molecule has 0 amide bonds. The van der Waals surface area contributed by atoms with Gasteiger partial charge in [0.15, 0.2) is 23.0 Å². The monoisotopic (exact) mass is 476 g/mol. The Morgan fingerprint density at radius 1 is 0.667 bits per heavy atom. The molecule has 0 heterocycles. The lowest BCUT2D eigenvalue weighted by molar-refractivity contribution is -0.143. The first kappa shape index (κ1) is 34.0. The van der Waals surface area contributed by atoms with Crippen molar-refractivity contribution in [3.05, 3.63) is 47.5 Å². The van der Waals surface area contributed by atoms with Crippen LogP contribution < -0.4 is 11.5 Å². The van der Waals surface area contributed by atoms with Crippen molar-refractivity contribution in [3.63, 3.8) is 0 Å². The van der Waals surface area contributed by atoms with E-state index in [2.05, 4.69) is 0 Å². The molecule has 0 saturated heterocycles. The number of carbonyl (C=O) groups is 2. The van der Waals surface area contributed by atoms with Gasteiger partial charge in [-0.2, -0.15) is 0 Å². The average Bonchev–Trinajstić information content (AvgIpc) is 2.61. The van der Waals surface area contributed by atoms with Gasteiger partial charge in [-0.05, 0) is 49.2 Å². The molecule has 0 spiro atoms. The van der Waals surface area contributed by atoms with Crippen LogP contribution >= 0.6 is 0 Å². The van der Waals surface area contributed by atoms with Gasteiger partial charge >= 0.3 is 11.9 Å². The molecule has 13 heteroatoms. The topological polar surface area (TPSA) is 302 Å². The van der Waals surface area contributed by atoms with Gasteiger partial charge in [0.05, 0.1) is 0 Å². The van der Waals surface area contributed by atoms with E-state index in [1.165, 1.54) is 50.2 Å². The Bertz CT molecular complexity index is 855. The molecular weight excluding hydrogens is 444 g/mol. The first-order chi connectivity index (χ1) is 13.7. The second kappa shape index (κ2) is 13.0. The van der Waals surface area contributed by atoms with Crippen molar-refractivity contribution in [1.29, 1.82) is 0 Å². The number of hydrogen-bond donors (Lipinski definition) is 8. The lowest BCUT2D eigenvalue weighted by Crippen LogP contribution is -2.46. The first-order valence-electron chi connectivity index (χ1n) is 8.72. The van der Waals surface area contributed by atoms with E-state index in [1.807, 2.05) is 0 Å². The summed E-state index contributed by atoms with van der Waals surface area (Å²) >= 11 is 0. The standard InChI is InChI=1S/2C10H13NO4.3H2O/c2*1-10(11,9(14)15)5-6-2-3-7(12)8(13)4-6;;;/h2*2-4,12-13H,5,11H2,1H3,(H,14,15);3*1H2. The summed E-state index contributed by atoms with van der Waals surface area (Å²) < 4.78 is 0. The Morgan fingerprint density at radius 3 is 1.15 bits per heavy atom. The molecule has 33 heavy (non-hydrogen) atoms. The summed E-state index contributed by atoms with van der Waals surface area (Å²) in [5.41, 5.74) is 9.41. The van der Waals surface area contributed by atoms with Crippen molar-refractivity contribution in [2.24, 2.45) is 11.5 Å². The zero-order valence-electron chi connectivity index (χ0n) is 18.0. The van der Waals surface area contributed by atoms with E-state index in [0.717, 1.165) is 0 Å². The number of carboxylic acids is 2. The zero-order valence-corrected chi connectivity index (χ0v) is 18.0. The molecule has 0 aliphatic rings. The van der Waals surface area contributed by atoms with Crippen molar-refractivity contribution in [2.75, 3.05) is 0 Å². The van der Waals surface area contributed by atoms with Gasteiger partial charge in [-0.15, -0.1) is 0 Å². The fraction of sp³-hybridized carbons (Fsp3) is 0.300. The highest BCUT2D eigenvalue weighted by Gasteiger charge is 2.29. The molecule has 0 aromatic heterocycles. The lowest BCUT2D eigenvalue weighted by Gasteiger charge is -2.19. The number of benzene rings is 2. The maximum Gasteiger partial charge on any atom is 0.323 e. The van der Waals surface area contributed by atoms with E-state index >= 15 is 0 Å². The number of phenols is 4. The van der Waals surface area contributed by atoms with Crippen molar-refractivity contribution < 1.29 is 56.7 Å². The van der Waals surface area contributed by atoms with E-state index in [1.54, 1.807) is 0 Å². The second-order valence-electron chi connectivity index (χ2n) is 7.44. The Morgan fingerprint density at radius 2 is 0.939 bits per heavy atom. The maximum atomic E-state index is 10.7. The SMILES string of the molecule is CC(N)(Cc1ccc(O)c(O)c1)C(=O)O.CC(N)(Cc1ccc(O)c(O)c1)C(=O)O.O.O.O. The molecule has 0 saturated carbocycles. The molecule has 0 radical (unpaired) electrons. The molecule has 2 aromatic rings. The van der Waals surface area contributed by atoms with Gasteiger partial charge in [0, 0.05) is 12.8 Å². The summed E-state index contributed by atoms with van der Waals surface area (Å²) in [6.07, 6.45) is 0.159. The number of rotatable bonds is 6. The molecule has 188 valence electrons. The van der Waals surface area contributed by atoms with Crippen LogP contribution in [-0.2, 0) is 22.4 Å². The van der Waals surface area contributed by atoms with E-state index in [-0.39, 0.29) is 52.3 Å². The maximum absolute atomic E-state index is 10.7. The van der Waals surface area contributed by atoms with Crippen LogP contribution in [0.25, 0.3) is 0 Å². The molecule has 0 fully saturated rings. The van der Waals surface area contributed by atoms with Crippen LogP contribution in [0.5, 0.6) is 23.0 Å². The van der Waals surface area contributed by atoms with Crippen LogP contribution in [0.1, 0.15) is 25.0 Å². The Labute approximate surface area is 189 Å². The summed E-state index contributed by atoms with van der Waals surface area (Å²) in [6, 6.07) is 8.21. The highest BCUT2D eigenvalue weighted by atomic mass is 16.4. The second-order valence-corrected chi connectivity index (χ2v) is 7.44. The van der Waals surface area contributed by atoms with Crippen LogP contribution in [0, 0.1) is 0 Å². The Kier molecular flexibility index (Phi) is 13.4. The molecule has 0 aliphatic carbocycles. The molecule has 0 aliphatic heterocycles. The van der Waals surface area contributed by atoms with Gasteiger partial charge in [0.1, 0.15) is 11.1 Å². The van der Waals surface area contributed by atoms with E-state index < -0.39 is 23.0 Å². The fourth-order valence-electron chi connectivity index (χ4n) is 2.36. The van der Waals surface area contributed by atoms with E-state index in [0.29, 0.717) is 11.1 Å². The summed E-state index contributed by atoms with van der Waals surface area (Å²) in [7, 11) is 0. The molecular formula is C20H32N2O11. The number of nitrogens with two attached hydrogens (primary N) is 2. The van der Waals surface area contributed by atoms with Crippen LogP contribution in [0.4, 0.5) is 0 Å². The summed E-state index contributed by atoms with van der Waals surface area (Å²) in [6.45, 7) is 2.78. The summed E-state index contributed by atoms with van der Waals surface area (Å²) in [4.78, 5) is 21.5. The highest BCUT2D eigenvalue weighted by molar-refractivity contribution is 5.78. The summed E-state index contributed by atoms with van der Waals surface area (Å²) in [5, 5.41) is 54.1. The molecule has 2 unspecified atom stereocenters.